The van der Waals surface area contributed by atoms with Crippen LogP contribution in [0.15, 0.2) is 10.3 Å². The summed E-state index contributed by atoms with van der Waals surface area (Å²) in [5.41, 5.74) is 6.34. The highest BCUT2D eigenvalue weighted by atomic mass is 35.5. The summed E-state index contributed by atoms with van der Waals surface area (Å²) in [5, 5.41) is 7.36. The van der Waals surface area contributed by atoms with Crippen LogP contribution in [0.1, 0.15) is 11.8 Å². The molecule has 0 saturated carbocycles. The van der Waals surface area contributed by atoms with Gasteiger partial charge in [-0.2, -0.15) is 0 Å². The van der Waals surface area contributed by atoms with Crippen molar-refractivity contribution in [3.8, 4) is 0 Å². The van der Waals surface area contributed by atoms with Gasteiger partial charge in [-0.3, -0.25) is 10.2 Å². The predicted octanol–water partition coefficient (Wildman–Crippen LogP) is 1.91. The zero-order valence-corrected chi connectivity index (χ0v) is 11.1. The summed E-state index contributed by atoms with van der Waals surface area (Å²) in [7, 11) is 0. The first kappa shape index (κ1) is 13.3. The lowest BCUT2D eigenvalue weighted by Crippen LogP contribution is -2.32. The minimum atomic E-state index is 0. The second-order valence-corrected chi connectivity index (χ2v) is 5.63. The van der Waals surface area contributed by atoms with Crippen LogP contribution in [0.25, 0.3) is 0 Å². The number of hydrogen-bond donors (Lipinski definition) is 2. The van der Waals surface area contributed by atoms with Gasteiger partial charge in [0.15, 0.2) is 0 Å². The van der Waals surface area contributed by atoms with Crippen LogP contribution < -0.4 is 10.6 Å². The molecule has 0 fully saturated rings. The Morgan fingerprint density at radius 3 is 2.88 bits per heavy atom. The van der Waals surface area contributed by atoms with Crippen LogP contribution in [0.4, 0.5) is 5.69 Å². The largest absolute Gasteiger partial charge is 0.383 e. The molecule has 0 spiro atoms. The Labute approximate surface area is 108 Å². The van der Waals surface area contributed by atoms with E-state index < -0.39 is 0 Å². The summed E-state index contributed by atoms with van der Waals surface area (Å²) in [6, 6.07) is 1.83. The maximum absolute atomic E-state index is 11.4. The molecule has 16 heavy (non-hydrogen) atoms. The second-order valence-electron chi connectivity index (χ2n) is 3.22. The molecular formula is C9H12ClN3OS2. The van der Waals surface area contributed by atoms with E-state index in [9.17, 15) is 4.79 Å². The van der Waals surface area contributed by atoms with Crippen LogP contribution in [-0.4, -0.2) is 24.0 Å². The van der Waals surface area contributed by atoms with Crippen LogP contribution in [0.2, 0.25) is 0 Å². The first-order chi connectivity index (χ1) is 7.09. The molecule has 0 unspecified atom stereocenters. The molecule has 1 aromatic heterocycles. The lowest BCUT2D eigenvalue weighted by Gasteiger charge is -2.24. The molecule has 1 aromatic rings. The van der Waals surface area contributed by atoms with Crippen molar-refractivity contribution >= 4 is 52.9 Å². The number of amides is 1. The van der Waals surface area contributed by atoms with E-state index in [0.29, 0.717) is 0 Å². The van der Waals surface area contributed by atoms with Gasteiger partial charge in [0.1, 0.15) is 5.84 Å². The normalized spacial score (nSPS) is 13.9. The van der Waals surface area contributed by atoms with E-state index in [-0.39, 0.29) is 24.1 Å². The number of amidine groups is 1. The summed E-state index contributed by atoms with van der Waals surface area (Å²) in [5.74, 6) is 1.02. The number of hydrogen-bond acceptors (Lipinski definition) is 4. The van der Waals surface area contributed by atoms with Gasteiger partial charge in [0.05, 0.1) is 14.8 Å². The van der Waals surface area contributed by atoms with E-state index in [1.165, 1.54) is 11.3 Å². The predicted molar refractivity (Wildman–Crippen MR) is 71.3 cm³/mol. The van der Waals surface area contributed by atoms with Crippen molar-refractivity contribution in [1.29, 1.82) is 5.41 Å². The number of nitrogens with two attached hydrogens (primary N) is 1. The molecule has 2 heterocycles. The summed E-state index contributed by atoms with van der Waals surface area (Å²) >= 11 is 3.20. The third-order valence-corrected chi connectivity index (χ3v) is 4.58. The molecule has 1 aliphatic rings. The zero-order chi connectivity index (χ0) is 11.0. The van der Waals surface area contributed by atoms with Crippen LogP contribution in [0.5, 0.6) is 0 Å². The Balaban J connectivity index is 0.00000128. The number of nitrogen functional groups attached to an aromatic ring is 1. The second kappa shape index (κ2) is 5.07. The van der Waals surface area contributed by atoms with Gasteiger partial charge in [0.25, 0.3) is 0 Å². The number of carbonyl (C=O) groups is 1. The van der Waals surface area contributed by atoms with Gasteiger partial charge in [0.2, 0.25) is 5.91 Å². The zero-order valence-electron chi connectivity index (χ0n) is 8.65. The highest BCUT2D eigenvalue weighted by Gasteiger charge is 2.23. The van der Waals surface area contributed by atoms with E-state index in [0.717, 1.165) is 27.1 Å². The number of carbonyl (C=O) groups excluding carboxylic acids is 1. The Morgan fingerprint density at radius 2 is 2.31 bits per heavy atom. The molecule has 4 nitrogen and oxygen atoms in total. The first-order valence-corrected chi connectivity index (χ1v) is 6.29. The van der Waals surface area contributed by atoms with Crippen LogP contribution in [0.3, 0.4) is 0 Å². The average molecular weight is 278 g/mol. The number of fused-ring (bicyclic) bond motifs is 1. The van der Waals surface area contributed by atoms with E-state index in [2.05, 4.69) is 0 Å². The molecule has 3 N–H and O–H groups in total. The molecule has 7 heteroatoms. The van der Waals surface area contributed by atoms with Gasteiger partial charge in [-0.1, -0.05) is 0 Å². The average Bonchev–Trinajstić information content (AvgIpc) is 2.60. The monoisotopic (exact) mass is 277 g/mol. The molecule has 1 aliphatic heterocycles. The molecule has 88 valence electrons. The van der Waals surface area contributed by atoms with Gasteiger partial charge < -0.3 is 10.6 Å². The Bertz CT molecular complexity index is 432. The summed E-state index contributed by atoms with van der Waals surface area (Å²) < 4.78 is 1.08. The molecular weight excluding hydrogens is 266 g/mol. The maximum atomic E-state index is 11.4. The number of thiophene rings is 1. The van der Waals surface area contributed by atoms with Crippen molar-refractivity contribution in [2.75, 3.05) is 17.2 Å². The van der Waals surface area contributed by atoms with Crippen LogP contribution >= 0.6 is 35.5 Å². The topological polar surface area (TPSA) is 70.2 Å². The smallest absolute Gasteiger partial charge is 0.223 e. The van der Waals surface area contributed by atoms with Crippen LogP contribution in [-0.2, 0) is 4.79 Å². The van der Waals surface area contributed by atoms with Gasteiger partial charge in [0, 0.05) is 19.2 Å². The molecule has 0 saturated heterocycles. The maximum Gasteiger partial charge on any atom is 0.223 e. The highest BCUT2D eigenvalue weighted by molar-refractivity contribution is 8.01. The van der Waals surface area contributed by atoms with E-state index in [1.54, 1.807) is 23.6 Å². The van der Waals surface area contributed by atoms with Crippen molar-refractivity contribution in [1.82, 2.24) is 0 Å². The fourth-order valence-electron chi connectivity index (χ4n) is 1.47. The third-order valence-electron chi connectivity index (χ3n) is 2.16. The van der Waals surface area contributed by atoms with Gasteiger partial charge in [-0.05, 0) is 6.07 Å². The molecule has 0 atom stereocenters. The summed E-state index contributed by atoms with van der Waals surface area (Å²) in [6.45, 7) is 2.30. The number of halogens is 1. The van der Waals surface area contributed by atoms with E-state index >= 15 is 0 Å². The van der Waals surface area contributed by atoms with E-state index in [4.69, 9.17) is 11.1 Å². The SMILES string of the molecule is CC(=O)N1CCSc2sc(C(=N)N)cc21.Cl. The lowest BCUT2D eigenvalue weighted by molar-refractivity contribution is -0.116. The minimum Gasteiger partial charge on any atom is -0.383 e. The van der Waals surface area contributed by atoms with Gasteiger partial charge in [-0.15, -0.1) is 35.5 Å². The van der Waals surface area contributed by atoms with Gasteiger partial charge in [-0.25, -0.2) is 0 Å². The van der Waals surface area contributed by atoms with Crippen molar-refractivity contribution in [3.05, 3.63) is 10.9 Å². The Kier molecular flexibility index (Phi) is 4.23. The minimum absolute atomic E-state index is 0. The number of thioether (sulfide) groups is 1. The number of nitrogens with one attached hydrogen (secondary N) is 1. The summed E-state index contributed by atoms with van der Waals surface area (Å²) in [4.78, 5) is 13.9. The van der Waals surface area contributed by atoms with E-state index in [1.807, 2.05) is 6.07 Å². The van der Waals surface area contributed by atoms with Crippen molar-refractivity contribution in [2.45, 2.75) is 11.1 Å². The van der Waals surface area contributed by atoms with Crippen molar-refractivity contribution < 1.29 is 4.79 Å². The van der Waals surface area contributed by atoms with Crippen LogP contribution in [0, 0.1) is 5.41 Å². The Hall–Kier alpha value is -0.720. The molecule has 0 aromatic carbocycles. The number of nitrogens with zero attached hydrogens (tertiary/aromatic N) is 1. The highest BCUT2D eigenvalue weighted by Crippen LogP contribution is 2.41. The summed E-state index contributed by atoms with van der Waals surface area (Å²) in [6.07, 6.45) is 0. The number of rotatable bonds is 1. The molecule has 1 amide bonds. The fourth-order valence-corrected chi connectivity index (χ4v) is 3.75. The molecule has 0 aliphatic carbocycles. The number of anilines is 1. The standard InChI is InChI=1S/C9H11N3OS2.ClH/c1-5(13)12-2-3-14-9-6(12)4-7(15-9)8(10)11;/h4H,2-3H2,1H3,(H3,10,11);1H. The molecule has 0 radical (unpaired) electrons. The molecule has 0 bridgehead atoms. The molecule has 2 rings (SSSR count). The fraction of sp³-hybridized carbons (Fsp3) is 0.333. The third kappa shape index (κ3) is 2.34. The van der Waals surface area contributed by atoms with Crippen molar-refractivity contribution in [3.63, 3.8) is 0 Å². The lowest BCUT2D eigenvalue weighted by atomic mass is 10.3. The Morgan fingerprint density at radius 1 is 1.62 bits per heavy atom. The quantitative estimate of drug-likeness (QED) is 0.609. The van der Waals surface area contributed by atoms with Gasteiger partial charge >= 0.3 is 0 Å². The first-order valence-electron chi connectivity index (χ1n) is 4.48. The van der Waals surface area contributed by atoms with Crippen molar-refractivity contribution in [2.24, 2.45) is 5.73 Å².